The van der Waals surface area contributed by atoms with Crippen molar-refractivity contribution in [1.82, 2.24) is 14.5 Å². The molecule has 3 heteroatoms. The molecule has 0 aliphatic carbocycles. The van der Waals surface area contributed by atoms with Gasteiger partial charge in [0, 0.05) is 35.7 Å². The highest BCUT2D eigenvalue weighted by Gasteiger charge is 1.99. The van der Waals surface area contributed by atoms with Gasteiger partial charge in [-0.05, 0) is 18.1 Å². The molecular weight excluding hydrogens is 210 g/mol. The highest BCUT2D eigenvalue weighted by Crippen LogP contribution is 2.18. The third-order valence-corrected chi connectivity index (χ3v) is 2.82. The SMILES string of the molecule is C(=Cn1ccnc1)Cc1c[nH]c2ccccc12. The minimum absolute atomic E-state index is 0.919. The Balaban J connectivity index is 1.81. The quantitative estimate of drug-likeness (QED) is 0.727. The Bertz CT molecular complexity index is 632. The van der Waals surface area contributed by atoms with Gasteiger partial charge in [0.05, 0.1) is 6.33 Å². The summed E-state index contributed by atoms with van der Waals surface area (Å²) in [6, 6.07) is 8.35. The first-order valence-electron chi connectivity index (χ1n) is 5.62. The number of nitrogens with zero attached hydrogens (tertiary/aromatic N) is 2. The van der Waals surface area contributed by atoms with E-state index in [-0.39, 0.29) is 0 Å². The molecule has 0 saturated heterocycles. The highest BCUT2D eigenvalue weighted by atomic mass is 15.0. The first-order valence-corrected chi connectivity index (χ1v) is 5.62. The van der Waals surface area contributed by atoms with Crippen LogP contribution in [0.4, 0.5) is 0 Å². The van der Waals surface area contributed by atoms with Gasteiger partial charge in [-0.1, -0.05) is 24.3 Å². The predicted octanol–water partition coefficient (Wildman–Crippen LogP) is 3.08. The van der Waals surface area contributed by atoms with Crippen LogP contribution in [-0.4, -0.2) is 14.5 Å². The lowest BCUT2D eigenvalue weighted by atomic mass is 10.1. The topological polar surface area (TPSA) is 33.6 Å². The average Bonchev–Trinajstić information content (AvgIpc) is 2.99. The molecule has 0 aliphatic heterocycles. The lowest BCUT2D eigenvalue weighted by Gasteiger charge is -1.94. The number of hydrogen-bond donors (Lipinski definition) is 1. The molecular formula is C14H13N3. The number of benzene rings is 1. The van der Waals surface area contributed by atoms with Gasteiger partial charge < -0.3 is 9.55 Å². The Kier molecular flexibility index (Phi) is 2.50. The fourth-order valence-electron chi connectivity index (χ4n) is 1.96. The van der Waals surface area contributed by atoms with E-state index in [1.165, 1.54) is 16.5 Å². The van der Waals surface area contributed by atoms with Gasteiger partial charge in [0.1, 0.15) is 0 Å². The van der Waals surface area contributed by atoms with E-state index in [0.29, 0.717) is 0 Å². The first kappa shape index (κ1) is 9.90. The molecule has 3 nitrogen and oxygen atoms in total. The zero-order chi connectivity index (χ0) is 11.5. The van der Waals surface area contributed by atoms with Gasteiger partial charge in [0.2, 0.25) is 0 Å². The van der Waals surface area contributed by atoms with Crippen LogP contribution in [0, 0.1) is 0 Å². The monoisotopic (exact) mass is 223 g/mol. The molecule has 1 N–H and O–H groups in total. The number of imidazole rings is 1. The third kappa shape index (κ3) is 1.99. The zero-order valence-corrected chi connectivity index (χ0v) is 9.38. The maximum atomic E-state index is 3.99. The van der Waals surface area contributed by atoms with Crippen molar-refractivity contribution in [2.24, 2.45) is 0 Å². The van der Waals surface area contributed by atoms with Crippen LogP contribution >= 0.6 is 0 Å². The van der Waals surface area contributed by atoms with Crippen molar-refractivity contribution >= 4 is 17.1 Å². The van der Waals surface area contributed by atoms with Crippen LogP contribution in [0.1, 0.15) is 5.56 Å². The molecule has 2 heterocycles. The van der Waals surface area contributed by atoms with Crippen molar-refractivity contribution in [3.05, 3.63) is 60.8 Å². The van der Waals surface area contributed by atoms with Gasteiger partial charge in [-0.3, -0.25) is 0 Å². The fourth-order valence-corrected chi connectivity index (χ4v) is 1.96. The molecule has 0 spiro atoms. The van der Waals surface area contributed by atoms with Crippen molar-refractivity contribution in [3.63, 3.8) is 0 Å². The van der Waals surface area contributed by atoms with Crippen molar-refractivity contribution in [1.29, 1.82) is 0 Å². The van der Waals surface area contributed by atoms with Gasteiger partial charge in [0.15, 0.2) is 0 Å². The number of allylic oxidation sites excluding steroid dienone is 1. The van der Waals surface area contributed by atoms with Crippen LogP contribution in [-0.2, 0) is 6.42 Å². The number of nitrogens with one attached hydrogen (secondary N) is 1. The predicted molar refractivity (Wildman–Crippen MR) is 69.6 cm³/mol. The average molecular weight is 223 g/mol. The molecule has 0 aliphatic rings. The lowest BCUT2D eigenvalue weighted by molar-refractivity contribution is 1.12. The van der Waals surface area contributed by atoms with E-state index in [0.717, 1.165) is 6.42 Å². The molecule has 0 amide bonds. The number of aromatic amines is 1. The molecule has 0 unspecified atom stereocenters. The van der Waals surface area contributed by atoms with E-state index < -0.39 is 0 Å². The van der Waals surface area contributed by atoms with Crippen molar-refractivity contribution in [2.75, 3.05) is 0 Å². The molecule has 1 aromatic carbocycles. The summed E-state index contributed by atoms with van der Waals surface area (Å²) >= 11 is 0. The Morgan fingerprint density at radius 2 is 2.24 bits per heavy atom. The Morgan fingerprint density at radius 3 is 3.12 bits per heavy atom. The molecule has 84 valence electrons. The molecule has 3 aromatic rings. The van der Waals surface area contributed by atoms with Gasteiger partial charge in [0.25, 0.3) is 0 Å². The second-order valence-corrected chi connectivity index (χ2v) is 3.96. The molecule has 0 atom stereocenters. The van der Waals surface area contributed by atoms with E-state index in [2.05, 4.69) is 40.4 Å². The third-order valence-electron chi connectivity index (χ3n) is 2.82. The molecule has 0 radical (unpaired) electrons. The number of fused-ring (bicyclic) bond motifs is 1. The van der Waals surface area contributed by atoms with E-state index >= 15 is 0 Å². The van der Waals surface area contributed by atoms with Crippen LogP contribution in [0.3, 0.4) is 0 Å². The summed E-state index contributed by atoms with van der Waals surface area (Å²) < 4.78 is 1.94. The molecule has 0 bridgehead atoms. The molecule has 2 aromatic heterocycles. The Labute approximate surface area is 99.4 Å². The maximum absolute atomic E-state index is 3.99. The van der Waals surface area contributed by atoms with Crippen LogP contribution in [0.25, 0.3) is 17.1 Å². The summed E-state index contributed by atoms with van der Waals surface area (Å²) in [7, 11) is 0. The minimum atomic E-state index is 0.919. The first-order chi connectivity index (χ1) is 8.43. The van der Waals surface area contributed by atoms with Crippen LogP contribution in [0.15, 0.2) is 55.3 Å². The Hall–Kier alpha value is -2.29. The van der Waals surface area contributed by atoms with E-state index in [1.807, 2.05) is 23.0 Å². The number of H-pyrrole nitrogens is 1. The van der Waals surface area contributed by atoms with Crippen LogP contribution in [0.2, 0.25) is 0 Å². The second kappa shape index (κ2) is 4.29. The summed E-state index contributed by atoms with van der Waals surface area (Å²) in [6.07, 6.45) is 12.6. The minimum Gasteiger partial charge on any atom is -0.361 e. The summed E-state index contributed by atoms with van der Waals surface area (Å²) in [5, 5.41) is 1.29. The van der Waals surface area contributed by atoms with Crippen molar-refractivity contribution < 1.29 is 0 Å². The second-order valence-electron chi connectivity index (χ2n) is 3.96. The van der Waals surface area contributed by atoms with Gasteiger partial charge in [-0.2, -0.15) is 0 Å². The van der Waals surface area contributed by atoms with Crippen molar-refractivity contribution in [3.8, 4) is 0 Å². The molecule has 17 heavy (non-hydrogen) atoms. The lowest BCUT2D eigenvalue weighted by Crippen LogP contribution is -1.81. The highest BCUT2D eigenvalue weighted by molar-refractivity contribution is 5.83. The van der Waals surface area contributed by atoms with Crippen LogP contribution < -0.4 is 0 Å². The van der Waals surface area contributed by atoms with Gasteiger partial charge >= 0.3 is 0 Å². The van der Waals surface area contributed by atoms with E-state index in [9.17, 15) is 0 Å². The van der Waals surface area contributed by atoms with E-state index in [4.69, 9.17) is 0 Å². The van der Waals surface area contributed by atoms with Gasteiger partial charge in [-0.15, -0.1) is 0 Å². The van der Waals surface area contributed by atoms with Crippen LogP contribution in [0.5, 0.6) is 0 Å². The molecule has 0 saturated carbocycles. The number of aromatic nitrogens is 3. The normalized spacial score (nSPS) is 11.5. The maximum Gasteiger partial charge on any atom is 0.0986 e. The summed E-state index contributed by atoms with van der Waals surface area (Å²) in [5.41, 5.74) is 2.51. The van der Waals surface area contributed by atoms with E-state index in [1.54, 1.807) is 12.5 Å². The molecule has 3 rings (SSSR count). The van der Waals surface area contributed by atoms with Gasteiger partial charge in [-0.25, -0.2) is 4.98 Å². The molecule has 0 fully saturated rings. The summed E-state index contributed by atoms with van der Waals surface area (Å²) in [6.45, 7) is 0. The Morgan fingerprint density at radius 1 is 1.29 bits per heavy atom. The van der Waals surface area contributed by atoms with Crippen molar-refractivity contribution in [2.45, 2.75) is 6.42 Å². The number of para-hydroxylation sites is 1. The fraction of sp³-hybridized carbons (Fsp3) is 0.0714. The number of rotatable bonds is 3. The summed E-state index contributed by atoms with van der Waals surface area (Å²) in [4.78, 5) is 7.27. The zero-order valence-electron chi connectivity index (χ0n) is 9.38. The summed E-state index contributed by atoms with van der Waals surface area (Å²) in [5.74, 6) is 0. The largest absolute Gasteiger partial charge is 0.361 e. The standard InChI is InChI=1S/C14H13N3/c1-2-6-14-13(5-1)12(10-16-14)4-3-8-17-9-7-15-11-17/h1-3,5-11,16H,4H2. The number of hydrogen-bond acceptors (Lipinski definition) is 1. The smallest absolute Gasteiger partial charge is 0.0986 e.